The van der Waals surface area contributed by atoms with E-state index in [1.165, 1.54) is 0 Å². The molecule has 1 N–H and O–H groups in total. The zero-order valence-electron chi connectivity index (χ0n) is 11.5. The molecule has 7 heteroatoms. The molecule has 0 aliphatic carbocycles. The van der Waals surface area contributed by atoms with Gasteiger partial charge in [0, 0.05) is 32.9 Å². The van der Waals surface area contributed by atoms with E-state index >= 15 is 0 Å². The van der Waals surface area contributed by atoms with Crippen molar-refractivity contribution in [2.45, 2.75) is 18.4 Å². The molecule has 7 nitrogen and oxygen atoms in total. The molecule has 20 heavy (non-hydrogen) atoms. The molecule has 2 fully saturated rings. The third-order valence-electron chi connectivity index (χ3n) is 4.12. The predicted octanol–water partition coefficient (Wildman–Crippen LogP) is -0.459. The van der Waals surface area contributed by atoms with Crippen molar-refractivity contribution in [2.75, 3.05) is 26.2 Å². The fourth-order valence-corrected chi connectivity index (χ4v) is 2.76. The second-order valence-corrected chi connectivity index (χ2v) is 5.38. The lowest BCUT2D eigenvalue weighted by atomic mass is 9.90. The van der Waals surface area contributed by atoms with E-state index in [9.17, 15) is 9.59 Å². The van der Waals surface area contributed by atoms with E-state index in [-0.39, 0.29) is 24.0 Å². The first-order chi connectivity index (χ1) is 9.60. The number of nitrogens with one attached hydrogen (secondary N) is 1. The normalized spacial score (nSPS) is 21.9. The number of rotatable bonds is 1. The van der Waals surface area contributed by atoms with Crippen molar-refractivity contribution in [3.8, 4) is 0 Å². The van der Waals surface area contributed by atoms with Crippen molar-refractivity contribution < 1.29 is 14.3 Å². The van der Waals surface area contributed by atoms with Crippen LogP contribution in [-0.4, -0.2) is 58.3 Å². The lowest BCUT2D eigenvalue weighted by molar-refractivity contribution is -0.149. The number of likely N-dealkylation sites (tertiary alicyclic amines) is 1. The van der Waals surface area contributed by atoms with Gasteiger partial charge in [-0.15, -0.1) is 0 Å². The van der Waals surface area contributed by atoms with Crippen LogP contribution in [0.3, 0.4) is 0 Å². The van der Waals surface area contributed by atoms with Crippen LogP contribution >= 0.6 is 0 Å². The Kier molecular flexibility index (Phi) is 3.21. The Morgan fingerprint density at radius 2 is 2.20 bits per heavy atom. The summed E-state index contributed by atoms with van der Waals surface area (Å²) in [5.74, 6) is -0.0660. The van der Waals surface area contributed by atoms with Crippen molar-refractivity contribution >= 4 is 11.8 Å². The molecule has 0 bridgehead atoms. The number of piperidine rings is 1. The number of carbonyl (C=O) groups excluding carboxylic acids is 2. The van der Waals surface area contributed by atoms with Gasteiger partial charge in [0.05, 0.1) is 5.60 Å². The first-order valence-corrected chi connectivity index (χ1v) is 6.78. The smallest absolute Gasteiger partial charge is 0.272 e. The highest BCUT2D eigenvalue weighted by atomic mass is 16.5. The predicted molar refractivity (Wildman–Crippen MR) is 70.0 cm³/mol. The van der Waals surface area contributed by atoms with Crippen LogP contribution in [0.4, 0.5) is 0 Å². The summed E-state index contributed by atoms with van der Waals surface area (Å²) in [6.07, 6.45) is 3.12. The fraction of sp³-hybridized carbons (Fsp3) is 0.615. The second-order valence-electron chi connectivity index (χ2n) is 5.38. The number of carbonyl (C=O) groups is 2. The Labute approximate surface area is 116 Å². The number of ether oxygens (including phenoxy) is 1. The third-order valence-corrected chi connectivity index (χ3v) is 4.12. The van der Waals surface area contributed by atoms with Crippen LogP contribution in [0.2, 0.25) is 0 Å². The van der Waals surface area contributed by atoms with Crippen molar-refractivity contribution in [3.63, 3.8) is 0 Å². The molecule has 2 amide bonds. The van der Waals surface area contributed by atoms with Crippen molar-refractivity contribution in [3.05, 3.63) is 18.0 Å². The minimum absolute atomic E-state index is 0.000282. The SMILES string of the molecule is Cn1nccc1C(=O)N1CCC2(CC1)CNC(=O)CO2. The molecule has 1 spiro atoms. The molecular weight excluding hydrogens is 260 g/mol. The number of aromatic nitrogens is 2. The lowest BCUT2D eigenvalue weighted by Gasteiger charge is -2.43. The summed E-state index contributed by atoms with van der Waals surface area (Å²) in [7, 11) is 1.76. The molecule has 2 aliphatic rings. The van der Waals surface area contributed by atoms with E-state index in [2.05, 4.69) is 10.4 Å². The Hall–Kier alpha value is -1.89. The molecule has 3 rings (SSSR count). The molecule has 2 saturated heterocycles. The average molecular weight is 278 g/mol. The molecule has 0 saturated carbocycles. The topological polar surface area (TPSA) is 76.5 Å². The number of hydrogen-bond donors (Lipinski definition) is 1. The maximum atomic E-state index is 12.4. The van der Waals surface area contributed by atoms with Gasteiger partial charge in [0.25, 0.3) is 5.91 Å². The Bertz CT molecular complexity index is 519. The molecule has 1 aromatic heterocycles. The number of morpholine rings is 1. The van der Waals surface area contributed by atoms with Crippen molar-refractivity contribution in [1.82, 2.24) is 20.0 Å². The van der Waals surface area contributed by atoms with Crippen LogP contribution in [0.15, 0.2) is 12.3 Å². The molecule has 0 unspecified atom stereocenters. The van der Waals surface area contributed by atoms with Gasteiger partial charge in [-0.25, -0.2) is 0 Å². The maximum absolute atomic E-state index is 12.4. The van der Waals surface area contributed by atoms with Crippen LogP contribution < -0.4 is 5.32 Å². The summed E-state index contributed by atoms with van der Waals surface area (Å²) < 4.78 is 7.28. The van der Waals surface area contributed by atoms with E-state index in [4.69, 9.17) is 4.74 Å². The summed E-state index contributed by atoms with van der Waals surface area (Å²) in [4.78, 5) is 25.3. The fourth-order valence-electron chi connectivity index (χ4n) is 2.76. The van der Waals surface area contributed by atoms with Crippen LogP contribution in [0.1, 0.15) is 23.3 Å². The minimum Gasteiger partial charge on any atom is -0.363 e. The zero-order valence-corrected chi connectivity index (χ0v) is 11.5. The first-order valence-electron chi connectivity index (χ1n) is 6.78. The van der Waals surface area contributed by atoms with Crippen molar-refractivity contribution in [2.24, 2.45) is 7.05 Å². The summed E-state index contributed by atoms with van der Waals surface area (Å²) in [5, 5.41) is 6.86. The number of amides is 2. The highest BCUT2D eigenvalue weighted by Crippen LogP contribution is 2.28. The van der Waals surface area contributed by atoms with E-state index in [1.807, 2.05) is 4.90 Å². The van der Waals surface area contributed by atoms with Gasteiger partial charge in [-0.05, 0) is 18.9 Å². The van der Waals surface area contributed by atoms with Gasteiger partial charge >= 0.3 is 0 Å². The van der Waals surface area contributed by atoms with E-state index < -0.39 is 0 Å². The molecule has 3 heterocycles. The molecule has 2 aliphatic heterocycles. The summed E-state index contributed by atoms with van der Waals surface area (Å²) >= 11 is 0. The van der Waals surface area contributed by atoms with Gasteiger partial charge in [-0.3, -0.25) is 14.3 Å². The number of nitrogens with zero attached hydrogens (tertiary/aromatic N) is 3. The second kappa shape index (κ2) is 4.90. The van der Waals surface area contributed by atoms with Gasteiger partial charge < -0.3 is 15.0 Å². The molecule has 0 aromatic carbocycles. The average Bonchev–Trinajstić information content (AvgIpc) is 2.89. The van der Waals surface area contributed by atoms with E-state index in [1.54, 1.807) is 24.0 Å². The number of aryl methyl sites for hydroxylation is 1. The summed E-state index contributed by atoms with van der Waals surface area (Å²) in [6.45, 7) is 1.94. The highest BCUT2D eigenvalue weighted by molar-refractivity contribution is 5.92. The Morgan fingerprint density at radius 3 is 2.75 bits per heavy atom. The Morgan fingerprint density at radius 1 is 1.45 bits per heavy atom. The maximum Gasteiger partial charge on any atom is 0.272 e. The van der Waals surface area contributed by atoms with Gasteiger partial charge in [0.15, 0.2) is 0 Å². The van der Waals surface area contributed by atoms with Crippen molar-refractivity contribution in [1.29, 1.82) is 0 Å². The van der Waals surface area contributed by atoms with Gasteiger partial charge in [0.2, 0.25) is 5.91 Å². The van der Waals surface area contributed by atoms with Gasteiger partial charge in [-0.1, -0.05) is 0 Å². The highest BCUT2D eigenvalue weighted by Gasteiger charge is 2.40. The largest absolute Gasteiger partial charge is 0.363 e. The summed E-state index contributed by atoms with van der Waals surface area (Å²) in [5.41, 5.74) is 0.302. The van der Waals surface area contributed by atoms with Crippen LogP contribution in [0, 0.1) is 0 Å². The quantitative estimate of drug-likeness (QED) is 0.754. The third kappa shape index (κ3) is 2.29. The minimum atomic E-state index is -0.294. The molecule has 108 valence electrons. The van der Waals surface area contributed by atoms with Crippen LogP contribution in [0.5, 0.6) is 0 Å². The molecule has 0 radical (unpaired) electrons. The zero-order chi connectivity index (χ0) is 14.2. The summed E-state index contributed by atoms with van der Waals surface area (Å²) in [6, 6.07) is 1.73. The monoisotopic (exact) mass is 278 g/mol. The van der Waals surface area contributed by atoms with E-state index in [0.717, 1.165) is 12.8 Å². The van der Waals surface area contributed by atoms with Gasteiger partial charge in [0.1, 0.15) is 12.3 Å². The van der Waals surface area contributed by atoms with Crippen LogP contribution in [-0.2, 0) is 16.6 Å². The van der Waals surface area contributed by atoms with Gasteiger partial charge in [-0.2, -0.15) is 5.10 Å². The molecule has 0 atom stereocenters. The standard InChI is InChI=1S/C13H18N4O3/c1-16-10(2-5-15-16)12(19)17-6-3-13(4-7-17)9-14-11(18)8-20-13/h2,5H,3-4,6-9H2,1H3,(H,14,18). The molecule has 1 aromatic rings. The Balaban J connectivity index is 1.63. The first kappa shape index (κ1) is 13.1. The number of hydrogen-bond acceptors (Lipinski definition) is 4. The molecular formula is C13H18N4O3. The van der Waals surface area contributed by atoms with E-state index in [0.29, 0.717) is 25.3 Å². The lowest BCUT2D eigenvalue weighted by Crippen LogP contribution is -2.58. The van der Waals surface area contributed by atoms with Crippen LogP contribution in [0.25, 0.3) is 0 Å².